The van der Waals surface area contributed by atoms with Crippen LogP contribution in [0, 0.1) is 0 Å². The van der Waals surface area contributed by atoms with Gasteiger partial charge < -0.3 is 20.1 Å². The van der Waals surface area contributed by atoms with Crippen LogP contribution in [0.4, 0.5) is 0 Å². The molecule has 1 saturated carbocycles. The summed E-state index contributed by atoms with van der Waals surface area (Å²) in [4.78, 5) is 23.9. The lowest BCUT2D eigenvalue weighted by molar-refractivity contribution is -0.121. The summed E-state index contributed by atoms with van der Waals surface area (Å²) in [6.45, 7) is 0.161. The van der Waals surface area contributed by atoms with E-state index < -0.39 is 0 Å². The quantitative estimate of drug-likeness (QED) is 0.885. The Morgan fingerprint density at radius 1 is 1.09 bits per heavy atom. The maximum absolute atomic E-state index is 12.1. The third-order valence-electron chi connectivity index (χ3n) is 4.01. The molecule has 0 unspecified atom stereocenters. The van der Waals surface area contributed by atoms with Crippen molar-refractivity contribution in [2.75, 3.05) is 13.3 Å². The molecule has 2 N–H and O–H groups in total. The fourth-order valence-electron chi connectivity index (χ4n) is 2.83. The minimum absolute atomic E-state index is 0.0101. The van der Waals surface area contributed by atoms with Gasteiger partial charge in [-0.15, -0.1) is 0 Å². The Morgan fingerprint density at radius 2 is 1.86 bits per heavy atom. The van der Waals surface area contributed by atoms with Gasteiger partial charge in [-0.25, -0.2) is 0 Å². The molecule has 1 fully saturated rings. The topological polar surface area (TPSA) is 76.7 Å². The largest absolute Gasteiger partial charge is 0.454 e. The summed E-state index contributed by atoms with van der Waals surface area (Å²) in [5, 5.41) is 5.60. The summed E-state index contributed by atoms with van der Waals surface area (Å²) >= 11 is 0. The van der Waals surface area contributed by atoms with Gasteiger partial charge in [0.25, 0.3) is 5.91 Å². The number of carbonyl (C=O) groups is 2. The number of hydrogen-bond donors (Lipinski definition) is 2. The van der Waals surface area contributed by atoms with E-state index in [1.807, 2.05) is 0 Å². The first kappa shape index (κ1) is 14.7. The molecule has 1 aromatic carbocycles. The van der Waals surface area contributed by atoms with Gasteiger partial charge in [0.05, 0.1) is 6.54 Å². The highest BCUT2D eigenvalue weighted by Crippen LogP contribution is 2.32. The van der Waals surface area contributed by atoms with Gasteiger partial charge in [0.2, 0.25) is 12.7 Å². The molecule has 1 heterocycles. The van der Waals surface area contributed by atoms with Crippen molar-refractivity contribution in [3.05, 3.63) is 23.8 Å². The molecular formula is C16H20N2O4. The van der Waals surface area contributed by atoms with Gasteiger partial charge in [-0.3, -0.25) is 9.59 Å². The van der Waals surface area contributed by atoms with Crippen LogP contribution in [0.2, 0.25) is 0 Å². The lowest BCUT2D eigenvalue weighted by Crippen LogP contribution is -2.42. The van der Waals surface area contributed by atoms with E-state index in [-0.39, 0.29) is 31.2 Å². The van der Waals surface area contributed by atoms with Gasteiger partial charge in [0.15, 0.2) is 11.5 Å². The molecule has 3 rings (SSSR count). The third kappa shape index (κ3) is 3.50. The smallest absolute Gasteiger partial charge is 0.251 e. The molecule has 0 atom stereocenters. The predicted octanol–water partition coefficient (Wildman–Crippen LogP) is 1.59. The molecule has 6 nitrogen and oxygen atoms in total. The Kier molecular flexibility index (Phi) is 4.46. The molecule has 22 heavy (non-hydrogen) atoms. The number of carbonyl (C=O) groups excluding carboxylic acids is 2. The number of amides is 2. The summed E-state index contributed by atoms with van der Waals surface area (Å²) < 4.78 is 10.4. The van der Waals surface area contributed by atoms with E-state index in [2.05, 4.69) is 10.6 Å². The molecule has 2 amide bonds. The van der Waals surface area contributed by atoms with Crippen LogP contribution in [0.25, 0.3) is 0 Å². The summed E-state index contributed by atoms with van der Waals surface area (Å²) in [5.41, 5.74) is 0.453. The van der Waals surface area contributed by atoms with E-state index in [1.165, 1.54) is 6.42 Å². The standard InChI is InChI=1S/C16H20N2O4/c19-15(18-12-4-2-1-3-5-12)9-17-16(20)11-6-7-13-14(8-11)22-10-21-13/h6-8,12H,1-5,9-10H2,(H,17,20)(H,18,19). The Labute approximate surface area is 129 Å². The Bertz CT molecular complexity index is 567. The van der Waals surface area contributed by atoms with Crippen LogP contribution >= 0.6 is 0 Å². The maximum Gasteiger partial charge on any atom is 0.251 e. The molecule has 6 heteroatoms. The number of ether oxygens (including phenoxy) is 2. The van der Waals surface area contributed by atoms with E-state index in [0.29, 0.717) is 17.1 Å². The highest BCUT2D eigenvalue weighted by Gasteiger charge is 2.18. The molecule has 0 bridgehead atoms. The van der Waals surface area contributed by atoms with Crippen molar-refractivity contribution >= 4 is 11.8 Å². The van der Waals surface area contributed by atoms with Gasteiger partial charge in [0.1, 0.15) is 0 Å². The molecule has 0 spiro atoms. The Balaban J connectivity index is 1.48. The van der Waals surface area contributed by atoms with Crippen LogP contribution < -0.4 is 20.1 Å². The van der Waals surface area contributed by atoms with Gasteiger partial charge in [-0.05, 0) is 31.0 Å². The zero-order chi connectivity index (χ0) is 15.4. The molecule has 0 saturated heterocycles. The van der Waals surface area contributed by atoms with Crippen molar-refractivity contribution in [1.29, 1.82) is 0 Å². The van der Waals surface area contributed by atoms with Gasteiger partial charge in [-0.2, -0.15) is 0 Å². The average Bonchev–Trinajstić information content (AvgIpc) is 3.01. The van der Waals surface area contributed by atoms with E-state index in [0.717, 1.165) is 25.7 Å². The number of fused-ring (bicyclic) bond motifs is 1. The highest BCUT2D eigenvalue weighted by atomic mass is 16.7. The molecule has 2 aliphatic rings. The zero-order valence-corrected chi connectivity index (χ0v) is 12.4. The summed E-state index contributed by atoms with van der Waals surface area (Å²) in [5.74, 6) is 0.754. The minimum Gasteiger partial charge on any atom is -0.454 e. The fourth-order valence-corrected chi connectivity index (χ4v) is 2.83. The van der Waals surface area contributed by atoms with Crippen LogP contribution in [0.1, 0.15) is 42.5 Å². The first-order valence-electron chi connectivity index (χ1n) is 7.69. The summed E-state index contributed by atoms with van der Waals surface area (Å²) in [6.07, 6.45) is 5.62. The average molecular weight is 304 g/mol. The predicted molar refractivity (Wildman–Crippen MR) is 79.9 cm³/mol. The van der Waals surface area contributed by atoms with Gasteiger partial charge in [0, 0.05) is 11.6 Å². The molecule has 118 valence electrons. The summed E-state index contributed by atoms with van der Waals surface area (Å²) in [7, 11) is 0. The van der Waals surface area contributed by atoms with Crippen LogP contribution in [0.15, 0.2) is 18.2 Å². The lowest BCUT2D eigenvalue weighted by Gasteiger charge is -2.22. The number of benzene rings is 1. The number of rotatable bonds is 4. The van der Waals surface area contributed by atoms with Crippen molar-refractivity contribution in [2.45, 2.75) is 38.1 Å². The van der Waals surface area contributed by atoms with E-state index >= 15 is 0 Å². The second-order valence-corrected chi connectivity index (χ2v) is 5.65. The van der Waals surface area contributed by atoms with E-state index in [9.17, 15) is 9.59 Å². The second kappa shape index (κ2) is 6.68. The number of hydrogen-bond acceptors (Lipinski definition) is 4. The van der Waals surface area contributed by atoms with Crippen LogP contribution in [-0.4, -0.2) is 31.2 Å². The van der Waals surface area contributed by atoms with Crippen LogP contribution in [0.3, 0.4) is 0 Å². The van der Waals surface area contributed by atoms with Crippen molar-refractivity contribution in [3.8, 4) is 11.5 Å². The minimum atomic E-state index is -0.294. The van der Waals surface area contributed by atoms with Crippen LogP contribution in [0.5, 0.6) is 11.5 Å². The van der Waals surface area contributed by atoms with Crippen molar-refractivity contribution in [1.82, 2.24) is 10.6 Å². The molecule has 0 radical (unpaired) electrons. The Hall–Kier alpha value is -2.24. The molecule has 1 aliphatic carbocycles. The van der Waals surface area contributed by atoms with E-state index in [4.69, 9.17) is 9.47 Å². The van der Waals surface area contributed by atoms with Crippen molar-refractivity contribution in [2.24, 2.45) is 0 Å². The van der Waals surface area contributed by atoms with Crippen molar-refractivity contribution in [3.63, 3.8) is 0 Å². The van der Waals surface area contributed by atoms with Gasteiger partial charge in [-0.1, -0.05) is 19.3 Å². The first-order chi connectivity index (χ1) is 10.7. The molecule has 1 aliphatic heterocycles. The molecule has 0 aromatic heterocycles. The van der Waals surface area contributed by atoms with Gasteiger partial charge >= 0.3 is 0 Å². The fraction of sp³-hybridized carbons (Fsp3) is 0.500. The number of nitrogens with one attached hydrogen (secondary N) is 2. The SMILES string of the molecule is O=C(CNC(=O)c1ccc2c(c1)OCO2)NC1CCCCC1. The second-order valence-electron chi connectivity index (χ2n) is 5.65. The normalized spacial score (nSPS) is 17.1. The summed E-state index contributed by atoms with van der Waals surface area (Å²) in [6, 6.07) is 5.22. The molecule has 1 aromatic rings. The first-order valence-corrected chi connectivity index (χ1v) is 7.69. The zero-order valence-electron chi connectivity index (χ0n) is 12.4. The third-order valence-corrected chi connectivity index (χ3v) is 4.01. The van der Waals surface area contributed by atoms with Crippen molar-refractivity contribution < 1.29 is 19.1 Å². The monoisotopic (exact) mass is 304 g/mol. The lowest BCUT2D eigenvalue weighted by atomic mass is 9.95. The Morgan fingerprint density at radius 3 is 2.68 bits per heavy atom. The van der Waals surface area contributed by atoms with E-state index in [1.54, 1.807) is 18.2 Å². The molecular weight excluding hydrogens is 284 g/mol. The maximum atomic E-state index is 12.1. The van der Waals surface area contributed by atoms with Crippen LogP contribution in [-0.2, 0) is 4.79 Å². The highest BCUT2D eigenvalue weighted by molar-refractivity contribution is 5.97.